The molecule has 0 spiro atoms. The molecule has 1 aromatic heterocycles. The number of amides is 2. The minimum absolute atomic E-state index is 0.0429. The van der Waals surface area contributed by atoms with E-state index in [-0.39, 0.29) is 39.2 Å². The number of carboxylic acid groups (broad SMARTS) is 1. The molecule has 4 N–H and O–H groups in total. The Morgan fingerprint density at radius 2 is 2.23 bits per heavy atom. The number of anilines is 1. The minimum atomic E-state index is -1.31. The molecular weight excluding hydrogens is 479 g/mol. The molecular formula is C15H14Cl2N6O5S2. The number of carboxylic acids is 1. The number of nitrogens with one attached hydrogen (secondary N) is 1. The number of hydrogen-bond acceptors (Lipinski definition) is 10. The maximum atomic E-state index is 12.7. The topological polar surface area (TPSA) is 160 Å². The summed E-state index contributed by atoms with van der Waals surface area (Å²) in [6.07, 6.45) is 1.28. The Balaban J connectivity index is 1.82. The highest BCUT2D eigenvalue weighted by Gasteiger charge is 2.54. The number of oxime groups is 1. The number of carbonyl (C=O) groups is 3. The summed E-state index contributed by atoms with van der Waals surface area (Å²) in [7, 11) is 0. The van der Waals surface area contributed by atoms with Crippen LogP contribution in [0.15, 0.2) is 27.0 Å². The van der Waals surface area contributed by atoms with Gasteiger partial charge in [0.25, 0.3) is 11.8 Å². The molecule has 160 valence electrons. The van der Waals surface area contributed by atoms with Crippen molar-refractivity contribution >= 4 is 75.1 Å². The van der Waals surface area contributed by atoms with Crippen LogP contribution < -0.4 is 11.1 Å². The summed E-state index contributed by atoms with van der Waals surface area (Å²) in [6.45, 7) is 1.87. The van der Waals surface area contributed by atoms with E-state index in [1.165, 1.54) is 17.8 Å². The van der Waals surface area contributed by atoms with Crippen LogP contribution in [-0.2, 0) is 19.2 Å². The number of nitrogens with two attached hydrogens (primary N) is 1. The van der Waals surface area contributed by atoms with Crippen LogP contribution >= 0.6 is 46.5 Å². The molecule has 1 aromatic rings. The Bertz CT molecular complexity index is 990. The zero-order valence-corrected chi connectivity index (χ0v) is 18.3. The van der Waals surface area contributed by atoms with E-state index in [2.05, 4.69) is 19.8 Å². The van der Waals surface area contributed by atoms with Crippen molar-refractivity contribution in [1.82, 2.24) is 19.6 Å². The molecule has 1 saturated heterocycles. The van der Waals surface area contributed by atoms with E-state index in [1.807, 2.05) is 0 Å². The Kier molecular flexibility index (Phi) is 6.85. The number of β-lactam (4-membered cyclic amide) rings is 1. The number of thioether (sulfide) groups is 1. The Hall–Kier alpha value is -2.35. The molecule has 0 aliphatic carbocycles. The molecule has 2 aliphatic heterocycles. The van der Waals surface area contributed by atoms with E-state index in [1.54, 1.807) is 6.92 Å². The second kappa shape index (κ2) is 9.20. The number of allylic oxidation sites excluding steroid dienone is 1. The van der Waals surface area contributed by atoms with Crippen molar-refractivity contribution in [2.45, 2.75) is 18.3 Å². The van der Waals surface area contributed by atoms with Crippen molar-refractivity contribution in [3.8, 4) is 0 Å². The van der Waals surface area contributed by atoms with Gasteiger partial charge in [-0.2, -0.15) is 9.36 Å². The smallest absolute Gasteiger partial charge is 0.352 e. The summed E-state index contributed by atoms with van der Waals surface area (Å²) in [5.74, 6) is -2.47. The quantitative estimate of drug-likeness (QED) is 0.285. The van der Waals surface area contributed by atoms with Gasteiger partial charge in [0.05, 0.1) is 0 Å². The van der Waals surface area contributed by atoms with Crippen LogP contribution in [0.25, 0.3) is 0 Å². The zero-order valence-electron chi connectivity index (χ0n) is 15.2. The highest BCUT2D eigenvalue weighted by atomic mass is 35.5. The lowest BCUT2D eigenvalue weighted by Crippen LogP contribution is -2.71. The van der Waals surface area contributed by atoms with E-state index >= 15 is 0 Å². The summed E-state index contributed by atoms with van der Waals surface area (Å²) in [4.78, 5) is 47.0. The molecule has 2 atom stereocenters. The molecule has 15 heteroatoms. The van der Waals surface area contributed by atoms with Crippen LogP contribution in [0.3, 0.4) is 0 Å². The van der Waals surface area contributed by atoms with Gasteiger partial charge in [0.15, 0.2) is 5.13 Å². The highest BCUT2D eigenvalue weighted by Crippen LogP contribution is 2.41. The van der Waals surface area contributed by atoms with Crippen LogP contribution in [0, 0.1) is 0 Å². The molecule has 2 aliphatic rings. The van der Waals surface area contributed by atoms with Gasteiger partial charge < -0.3 is 21.0 Å². The summed E-state index contributed by atoms with van der Waals surface area (Å²) in [6, 6.07) is -0.975. The number of aromatic nitrogens is 2. The summed E-state index contributed by atoms with van der Waals surface area (Å²) < 4.78 is 3.80. The number of rotatable bonds is 7. The first-order valence-electron chi connectivity index (χ1n) is 8.28. The van der Waals surface area contributed by atoms with Gasteiger partial charge in [-0.25, -0.2) is 4.79 Å². The van der Waals surface area contributed by atoms with Crippen LogP contribution in [0.1, 0.15) is 12.7 Å². The Morgan fingerprint density at radius 3 is 2.80 bits per heavy atom. The number of fused-ring (bicyclic) bond motifs is 1. The Labute approximate surface area is 188 Å². The molecule has 0 aromatic carbocycles. The summed E-state index contributed by atoms with van der Waals surface area (Å²) in [5, 5.41) is 15.3. The first-order chi connectivity index (χ1) is 14.2. The first-order valence-corrected chi connectivity index (χ1v) is 10.9. The maximum Gasteiger partial charge on any atom is 0.352 e. The normalized spacial score (nSPS) is 21.0. The van der Waals surface area contributed by atoms with E-state index in [0.717, 1.165) is 16.4 Å². The predicted octanol–water partition coefficient (Wildman–Crippen LogP) is 0.919. The van der Waals surface area contributed by atoms with Crippen LogP contribution in [0.2, 0.25) is 0 Å². The molecule has 30 heavy (non-hydrogen) atoms. The lowest BCUT2D eigenvalue weighted by atomic mass is 10.0. The van der Waals surface area contributed by atoms with Crippen molar-refractivity contribution in [1.29, 1.82) is 0 Å². The average molecular weight is 493 g/mol. The molecule has 3 heterocycles. The largest absolute Gasteiger partial charge is 0.477 e. The second-order valence-electron chi connectivity index (χ2n) is 5.79. The van der Waals surface area contributed by atoms with Gasteiger partial charge in [-0.3, -0.25) is 14.5 Å². The standard InChI is InChI=1S/C15H14Cl2N6O5S2/c1-2-28-21-7(10-20-15(18)30-22-10)11(24)19-8-12(25)23-9(14(26)27)5(3-6(16)17)4-29-13(8)23/h3,8,13H,2,4H2,1H3,(H,19,24)(H,26,27)(H2,18,20,22)/t8?,13-/m1/s1. The van der Waals surface area contributed by atoms with Crippen LogP contribution in [-0.4, -0.2) is 66.6 Å². The summed E-state index contributed by atoms with van der Waals surface area (Å²) >= 11 is 13.4. The van der Waals surface area contributed by atoms with Crippen molar-refractivity contribution < 1.29 is 24.3 Å². The zero-order chi connectivity index (χ0) is 22.0. The van der Waals surface area contributed by atoms with Crippen LogP contribution in [0.4, 0.5) is 5.13 Å². The fraction of sp³-hybridized carbons (Fsp3) is 0.333. The number of hydrogen-bond donors (Lipinski definition) is 3. The number of carbonyl (C=O) groups excluding carboxylic acids is 2. The van der Waals surface area contributed by atoms with Gasteiger partial charge in [0, 0.05) is 17.3 Å². The van der Waals surface area contributed by atoms with Gasteiger partial charge >= 0.3 is 5.97 Å². The third kappa shape index (κ3) is 4.38. The summed E-state index contributed by atoms with van der Waals surface area (Å²) in [5.41, 5.74) is 5.37. The Morgan fingerprint density at radius 1 is 1.50 bits per heavy atom. The molecule has 2 amide bonds. The molecule has 0 bridgehead atoms. The lowest BCUT2D eigenvalue weighted by molar-refractivity contribution is -0.150. The fourth-order valence-corrected chi connectivity index (χ4v) is 4.74. The van der Waals surface area contributed by atoms with E-state index in [4.69, 9.17) is 33.8 Å². The molecule has 11 nitrogen and oxygen atoms in total. The predicted molar refractivity (Wildman–Crippen MR) is 112 cm³/mol. The average Bonchev–Trinajstić information content (AvgIpc) is 3.11. The van der Waals surface area contributed by atoms with Crippen molar-refractivity contribution in [2.75, 3.05) is 18.1 Å². The van der Waals surface area contributed by atoms with Crippen LogP contribution in [0.5, 0.6) is 0 Å². The molecule has 0 radical (unpaired) electrons. The third-order valence-corrected chi connectivity index (χ3v) is 5.99. The molecule has 1 fully saturated rings. The molecule has 0 saturated carbocycles. The maximum absolute atomic E-state index is 12.7. The lowest BCUT2D eigenvalue weighted by Gasteiger charge is -2.49. The van der Waals surface area contributed by atoms with Gasteiger partial charge in [-0.05, 0) is 18.6 Å². The first kappa shape index (κ1) is 22.3. The van der Waals surface area contributed by atoms with Crippen molar-refractivity contribution in [3.63, 3.8) is 0 Å². The van der Waals surface area contributed by atoms with Gasteiger partial charge in [-0.1, -0.05) is 28.4 Å². The third-order valence-electron chi connectivity index (χ3n) is 3.92. The monoisotopic (exact) mass is 492 g/mol. The van der Waals surface area contributed by atoms with E-state index in [9.17, 15) is 19.5 Å². The minimum Gasteiger partial charge on any atom is -0.477 e. The highest BCUT2D eigenvalue weighted by molar-refractivity contribution is 8.00. The molecule has 1 unspecified atom stereocenters. The SMILES string of the molecule is CCON=C(C(=O)NC1C(=O)N2C(C(=O)O)=C(C=C(Cl)Cl)CS[C@H]12)c1nsc(N)n1. The van der Waals surface area contributed by atoms with Gasteiger partial charge in [0.1, 0.15) is 28.2 Å². The number of nitrogen functional groups attached to an aromatic ring is 1. The van der Waals surface area contributed by atoms with Crippen molar-refractivity contribution in [3.05, 3.63) is 27.7 Å². The van der Waals surface area contributed by atoms with Gasteiger partial charge in [-0.15, -0.1) is 11.8 Å². The molecule has 3 rings (SSSR count). The van der Waals surface area contributed by atoms with Crippen molar-refractivity contribution in [2.24, 2.45) is 5.16 Å². The number of nitrogens with zero attached hydrogens (tertiary/aromatic N) is 4. The fourth-order valence-electron chi connectivity index (χ4n) is 2.74. The number of halogens is 2. The van der Waals surface area contributed by atoms with E-state index < -0.39 is 29.2 Å². The van der Waals surface area contributed by atoms with Gasteiger partial charge in [0.2, 0.25) is 11.5 Å². The second-order valence-corrected chi connectivity index (χ2v) is 8.68. The van der Waals surface area contributed by atoms with E-state index in [0.29, 0.717) is 5.57 Å². The number of aliphatic carboxylic acids is 1.